The van der Waals surface area contributed by atoms with Crippen LogP contribution in [-0.4, -0.2) is 32.2 Å². The number of rotatable bonds is 9. The van der Waals surface area contributed by atoms with E-state index in [9.17, 15) is 4.79 Å². The molecule has 5 heteroatoms. The van der Waals surface area contributed by atoms with Crippen LogP contribution < -0.4 is 20.5 Å². The summed E-state index contributed by atoms with van der Waals surface area (Å²) in [6, 6.07) is 5.75. The largest absolute Gasteiger partial charge is 0.497 e. The molecule has 0 saturated carbocycles. The summed E-state index contributed by atoms with van der Waals surface area (Å²) in [5, 5.41) is 2.75. The van der Waals surface area contributed by atoms with E-state index in [1.807, 2.05) is 25.1 Å². The molecule has 0 aliphatic rings. The summed E-state index contributed by atoms with van der Waals surface area (Å²) in [6.45, 7) is 4.94. The van der Waals surface area contributed by atoms with E-state index in [0.717, 1.165) is 29.9 Å². The van der Waals surface area contributed by atoms with E-state index in [2.05, 4.69) is 12.2 Å². The van der Waals surface area contributed by atoms with Crippen LogP contribution >= 0.6 is 0 Å². The third kappa shape index (κ3) is 6.04. The van der Waals surface area contributed by atoms with E-state index in [1.165, 1.54) is 0 Å². The topological polar surface area (TPSA) is 73.6 Å². The molecule has 1 rings (SSSR count). The maximum Gasteiger partial charge on any atom is 0.223 e. The summed E-state index contributed by atoms with van der Waals surface area (Å²) in [7, 11) is 1.63. The Bertz CT molecular complexity index is 449. The van der Waals surface area contributed by atoms with Crippen molar-refractivity contribution < 1.29 is 14.3 Å². The lowest BCUT2D eigenvalue weighted by atomic mass is 10.0. The molecule has 1 unspecified atom stereocenters. The number of amides is 1. The fourth-order valence-corrected chi connectivity index (χ4v) is 1.95. The van der Waals surface area contributed by atoms with Crippen LogP contribution in [0.5, 0.6) is 11.5 Å². The van der Waals surface area contributed by atoms with Crippen LogP contribution in [0, 0.1) is 0 Å². The van der Waals surface area contributed by atoms with Gasteiger partial charge in [-0.2, -0.15) is 0 Å². The van der Waals surface area contributed by atoms with Gasteiger partial charge in [-0.05, 0) is 43.5 Å². The number of benzene rings is 1. The van der Waals surface area contributed by atoms with E-state index in [-0.39, 0.29) is 11.9 Å². The van der Waals surface area contributed by atoms with Crippen LogP contribution in [0.2, 0.25) is 0 Å². The Hall–Kier alpha value is -1.75. The Kier molecular flexibility index (Phi) is 7.61. The summed E-state index contributed by atoms with van der Waals surface area (Å²) < 4.78 is 11.0. The lowest BCUT2D eigenvalue weighted by molar-refractivity contribution is -0.121. The van der Waals surface area contributed by atoms with Crippen molar-refractivity contribution in [1.82, 2.24) is 5.32 Å². The van der Waals surface area contributed by atoms with Crippen LogP contribution in [0.1, 0.15) is 32.3 Å². The first-order valence-electron chi connectivity index (χ1n) is 7.42. The quantitative estimate of drug-likeness (QED) is 0.729. The van der Waals surface area contributed by atoms with E-state index in [4.69, 9.17) is 15.2 Å². The van der Waals surface area contributed by atoms with Gasteiger partial charge < -0.3 is 20.5 Å². The molecular weight excluding hydrogens is 268 g/mol. The number of carbonyl (C=O) groups is 1. The molecule has 1 aromatic rings. The first-order chi connectivity index (χ1) is 10.1. The van der Waals surface area contributed by atoms with E-state index in [0.29, 0.717) is 19.6 Å². The van der Waals surface area contributed by atoms with Crippen molar-refractivity contribution >= 4 is 5.91 Å². The van der Waals surface area contributed by atoms with Crippen molar-refractivity contribution in [3.63, 3.8) is 0 Å². The molecule has 0 radical (unpaired) electrons. The highest BCUT2D eigenvalue weighted by molar-refractivity contribution is 5.75. The molecule has 0 aliphatic heterocycles. The summed E-state index contributed by atoms with van der Waals surface area (Å²) >= 11 is 0. The Morgan fingerprint density at radius 1 is 1.38 bits per heavy atom. The van der Waals surface area contributed by atoms with E-state index in [1.54, 1.807) is 7.11 Å². The van der Waals surface area contributed by atoms with Crippen LogP contribution in [0.25, 0.3) is 0 Å². The molecule has 0 spiro atoms. The Morgan fingerprint density at radius 3 is 2.76 bits per heavy atom. The Labute approximate surface area is 126 Å². The van der Waals surface area contributed by atoms with Gasteiger partial charge in [0.25, 0.3) is 0 Å². The smallest absolute Gasteiger partial charge is 0.223 e. The van der Waals surface area contributed by atoms with Gasteiger partial charge in [0, 0.05) is 12.6 Å². The number of nitrogens with one attached hydrogen (secondary N) is 1. The second kappa shape index (κ2) is 9.23. The minimum Gasteiger partial charge on any atom is -0.497 e. The van der Waals surface area contributed by atoms with Gasteiger partial charge in [0.1, 0.15) is 11.5 Å². The van der Waals surface area contributed by atoms with Crippen molar-refractivity contribution in [3.05, 3.63) is 23.8 Å². The number of hydrogen-bond acceptors (Lipinski definition) is 4. The van der Waals surface area contributed by atoms with Gasteiger partial charge in [0.15, 0.2) is 0 Å². The third-order valence-corrected chi connectivity index (χ3v) is 3.23. The van der Waals surface area contributed by atoms with Crippen molar-refractivity contribution in [3.8, 4) is 11.5 Å². The van der Waals surface area contributed by atoms with Gasteiger partial charge in [-0.1, -0.05) is 6.92 Å². The molecule has 1 aromatic carbocycles. The first-order valence-corrected chi connectivity index (χ1v) is 7.42. The maximum atomic E-state index is 11.4. The number of ether oxygens (including phenoxy) is 2. The zero-order chi connectivity index (χ0) is 15.7. The predicted molar refractivity (Wildman–Crippen MR) is 83.8 cm³/mol. The highest BCUT2D eigenvalue weighted by Crippen LogP contribution is 2.25. The lowest BCUT2D eigenvalue weighted by Crippen LogP contribution is -2.24. The average Bonchev–Trinajstić information content (AvgIpc) is 2.48. The fraction of sp³-hybridized carbons (Fsp3) is 0.562. The molecule has 0 bridgehead atoms. The molecule has 5 nitrogen and oxygen atoms in total. The molecule has 21 heavy (non-hydrogen) atoms. The van der Waals surface area contributed by atoms with Crippen molar-refractivity contribution in [2.24, 2.45) is 5.73 Å². The van der Waals surface area contributed by atoms with Crippen molar-refractivity contribution in [2.75, 3.05) is 20.3 Å². The normalized spacial score (nSPS) is 11.8. The molecule has 0 aromatic heterocycles. The lowest BCUT2D eigenvalue weighted by Gasteiger charge is -2.15. The van der Waals surface area contributed by atoms with Crippen LogP contribution in [0.3, 0.4) is 0 Å². The maximum absolute atomic E-state index is 11.4. The summed E-state index contributed by atoms with van der Waals surface area (Å²) in [5.41, 5.74) is 7.03. The summed E-state index contributed by atoms with van der Waals surface area (Å²) in [5.74, 6) is 1.55. The monoisotopic (exact) mass is 294 g/mol. The molecule has 1 amide bonds. The Balaban J connectivity index is 2.68. The SMILES string of the molecule is CCNC(=O)CCOc1ccc(OC)cc1CC(N)CC. The van der Waals surface area contributed by atoms with Crippen LogP contribution in [0.15, 0.2) is 18.2 Å². The highest BCUT2D eigenvalue weighted by atomic mass is 16.5. The number of carbonyl (C=O) groups excluding carboxylic acids is 1. The van der Waals surface area contributed by atoms with E-state index < -0.39 is 0 Å². The zero-order valence-corrected chi connectivity index (χ0v) is 13.1. The van der Waals surface area contributed by atoms with Gasteiger partial charge in [0.2, 0.25) is 5.91 Å². The molecule has 1 atom stereocenters. The average molecular weight is 294 g/mol. The van der Waals surface area contributed by atoms with Gasteiger partial charge in [0.05, 0.1) is 20.1 Å². The number of hydrogen-bond donors (Lipinski definition) is 2. The van der Waals surface area contributed by atoms with Gasteiger partial charge in [-0.3, -0.25) is 4.79 Å². The summed E-state index contributed by atoms with van der Waals surface area (Å²) in [6.07, 6.45) is 1.97. The molecule has 3 N–H and O–H groups in total. The van der Waals surface area contributed by atoms with Crippen LogP contribution in [-0.2, 0) is 11.2 Å². The minimum atomic E-state index is -0.00202. The molecule has 0 fully saturated rings. The standard InChI is InChI=1S/C16H26N2O3/c1-4-13(17)10-12-11-14(20-3)6-7-15(12)21-9-8-16(19)18-5-2/h6-7,11,13H,4-5,8-10,17H2,1-3H3,(H,18,19). The second-order valence-corrected chi connectivity index (χ2v) is 4.90. The molecule has 0 saturated heterocycles. The minimum absolute atomic E-state index is 0.00202. The predicted octanol–water partition coefficient (Wildman–Crippen LogP) is 1.88. The van der Waals surface area contributed by atoms with Crippen molar-refractivity contribution in [1.29, 1.82) is 0 Å². The molecule has 0 aliphatic carbocycles. The van der Waals surface area contributed by atoms with Crippen molar-refractivity contribution in [2.45, 2.75) is 39.2 Å². The second-order valence-electron chi connectivity index (χ2n) is 4.90. The fourth-order valence-electron chi connectivity index (χ4n) is 1.95. The molecule has 118 valence electrons. The van der Waals surface area contributed by atoms with Gasteiger partial charge in [-0.25, -0.2) is 0 Å². The molecule has 0 heterocycles. The highest BCUT2D eigenvalue weighted by Gasteiger charge is 2.10. The summed E-state index contributed by atoms with van der Waals surface area (Å²) in [4.78, 5) is 11.4. The zero-order valence-electron chi connectivity index (χ0n) is 13.1. The third-order valence-electron chi connectivity index (χ3n) is 3.23. The number of methoxy groups -OCH3 is 1. The van der Waals surface area contributed by atoms with Gasteiger partial charge in [-0.15, -0.1) is 0 Å². The molecular formula is C16H26N2O3. The van der Waals surface area contributed by atoms with Gasteiger partial charge >= 0.3 is 0 Å². The Morgan fingerprint density at radius 2 is 2.14 bits per heavy atom. The van der Waals surface area contributed by atoms with Crippen LogP contribution in [0.4, 0.5) is 0 Å². The number of nitrogens with two attached hydrogens (primary N) is 1. The van der Waals surface area contributed by atoms with E-state index >= 15 is 0 Å². The first kappa shape index (κ1) is 17.3.